The lowest BCUT2D eigenvalue weighted by atomic mass is 10.1. The van der Waals surface area contributed by atoms with Crippen molar-refractivity contribution in [2.45, 2.75) is 26.1 Å². The average molecular weight is 448 g/mol. The highest BCUT2D eigenvalue weighted by Gasteiger charge is 2.17. The monoisotopic (exact) mass is 447 g/mol. The Kier molecular flexibility index (Phi) is 6.23. The lowest BCUT2D eigenvalue weighted by molar-refractivity contribution is -0.122. The van der Waals surface area contributed by atoms with E-state index in [1.165, 1.54) is 9.13 Å². The molecule has 0 saturated heterocycles. The lowest BCUT2D eigenvalue weighted by Gasteiger charge is -2.17. The number of carbonyl (C=O) groups is 1. The maximum Gasteiger partial charge on any atom is 0.317 e. The number of rotatable bonds is 6. The fraction of sp³-hybridized carbons (Fsp3) is 0.160. The Hall–Kier alpha value is -3.64. The van der Waals surface area contributed by atoms with Crippen LogP contribution in [0.5, 0.6) is 0 Å². The van der Waals surface area contributed by atoms with Gasteiger partial charge < -0.3 is 5.32 Å². The van der Waals surface area contributed by atoms with E-state index in [1.54, 1.807) is 36.4 Å². The SMILES string of the molecule is C[C@@H](NC(=O)Cn1c(=O)c(=O)n(Cc2ccc(Cl)cc2)c2ccccc21)c1ccccc1. The summed E-state index contributed by atoms with van der Waals surface area (Å²) in [5.74, 6) is -0.344. The van der Waals surface area contributed by atoms with Crippen LogP contribution in [0.2, 0.25) is 5.02 Å². The second-order valence-electron chi connectivity index (χ2n) is 7.60. The highest BCUT2D eigenvalue weighted by Crippen LogP contribution is 2.15. The van der Waals surface area contributed by atoms with Crippen LogP contribution >= 0.6 is 11.6 Å². The van der Waals surface area contributed by atoms with Crippen LogP contribution in [0.1, 0.15) is 24.1 Å². The van der Waals surface area contributed by atoms with E-state index in [2.05, 4.69) is 5.32 Å². The number of aromatic nitrogens is 2. The van der Waals surface area contributed by atoms with Crippen LogP contribution in [0, 0.1) is 0 Å². The van der Waals surface area contributed by atoms with Gasteiger partial charge in [0, 0.05) is 5.02 Å². The van der Waals surface area contributed by atoms with E-state index in [9.17, 15) is 14.4 Å². The Labute approximate surface area is 189 Å². The summed E-state index contributed by atoms with van der Waals surface area (Å²) in [5, 5.41) is 3.49. The topological polar surface area (TPSA) is 73.1 Å². The molecular weight excluding hydrogens is 426 g/mol. The van der Waals surface area contributed by atoms with Crippen LogP contribution in [0.4, 0.5) is 0 Å². The third-order valence-electron chi connectivity index (χ3n) is 5.37. The Morgan fingerprint density at radius 2 is 1.41 bits per heavy atom. The third kappa shape index (κ3) is 4.50. The zero-order chi connectivity index (χ0) is 22.7. The van der Waals surface area contributed by atoms with Crippen molar-refractivity contribution in [3.05, 3.63) is 116 Å². The third-order valence-corrected chi connectivity index (χ3v) is 5.62. The van der Waals surface area contributed by atoms with Gasteiger partial charge in [0.2, 0.25) is 5.91 Å². The molecule has 1 heterocycles. The molecular formula is C25H22ClN3O3. The molecule has 0 radical (unpaired) electrons. The Bertz CT molecular complexity index is 1380. The van der Waals surface area contributed by atoms with E-state index in [-0.39, 0.29) is 25.0 Å². The number of hydrogen-bond donors (Lipinski definition) is 1. The standard InChI is InChI=1S/C25H22ClN3O3/c1-17(19-7-3-2-4-8-19)27-23(30)16-29-22-10-6-5-9-21(22)28(24(31)25(29)32)15-18-11-13-20(26)14-12-18/h2-14,17H,15-16H2,1H3,(H,27,30)/t17-/m1/s1. The summed E-state index contributed by atoms with van der Waals surface area (Å²) in [7, 11) is 0. The first-order valence-corrected chi connectivity index (χ1v) is 10.6. The first kappa shape index (κ1) is 21.6. The number of halogens is 1. The predicted octanol–water partition coefficient (Wildman–Crippen LogP) is 3.74. The van der Waals surface area contributed by atoms with Gasteiger partial charge in [0.1, 0.15) is 6.54 Å². The van der Waals surface area contributed by atoms with Crippen molar-refractivity contribution < 1.29 is 4.79 Å². The van der Waals surface area contributed by atoms with E-state index in [0.29, 0.717) is 16.1 Å². The first-order chi connectivity index (χ1) is 15.4. The minimum absolute atomic E-state index is 0.226. The van der Waals surface area contributed by atoms with E-state index in [4.69, 9.17) is 11.6 Å². The summed E-state index contributed by atoms with van der Waals surface area (Å²) in [6, 6.07) is 23.5. The lowest BCUT2D eigenvalue weighted by Crippen LogP contribution is -2.44. The molecule has 4 rings (SSSR count). The second kappa shape index (κ2) is 9.24. The van der Waals surface area contributed by atoms with E-state index in [0.717, 1.165) is 11.1 Å². The van der Waals surface area contributed by atoms with Gasteiger partial charge in [0.25, 0.3) is 0 Å². The van der Waals surface area contributed by atoms with E-state index >= 15 is 0 Å². The number of nitrogens with one attached hydrogen (secondary N) is 1. The molecule has 1 atom stereocenters. The number of hydrogen-bond acceptors (Lipinski definition) is 3. The molecule has 0 aliphatic rings. The van der Waals surface area contributed by atoms with E-state index < -0.39 is 11.1 Å². The molecule has 162 valence electrons. The second-order valence-corrected chi connectivity index (χ2v) is 8.03. The summed E-state index contributed by atoms with van der Waals surface area (Å²) < 4.78 is 2.67. The van der Waals surface area contributed by atoms with Crippen LogP contribution < -0.4 is 16.4 Å². The fourth-order valence-corrected chi connectivity index (χ4v) is 3.84. The molecule has 7 heteroatoms. The van der Waals surface area contributed by atoms with Crippen molar-refractivity contribution in [1.29, 1.82) is 0 Å². The summed E-state index contributed by atoms with van der Waals surface area (Å²) in [4.78, 5) is 38.7. The normalized spacial score (nSPS) is 11.9. The van der Waals surface area contributed by atoms with Gasteiger partial charge in [-0.25, -0.2) is 0 Å². The quantitative estimate of drug-likeness (QED) is 0.457. The molecule has 0 saturated carbocycles. The van der Waals surface area contributed by atoms with Gasteiger partial charge in [0.15, 0.2) is 0 Å². The Morgan fingerprint density at radius 1 is 0.844 bits per heavy atom. The highest BCUT2D eigenvalue weighted by atomic mass is 35.5. The van der Waals surface area contributed by atoms with Crippen molar-refractivity contribution in [3.8, 4) is 0 Å². The Balaban J connectivity index is 1.68. The van der Waals surface area contributed by atoms with Crippen LogP contribution in [0.3, 0.4) is 0 Å². The average Bonchev–Trinajstić information content (AvgIpc) is 2.81. The molecule has 0 bridgehead atoms. The summed E-state index contributed by atoms with van der Waals surface area (Å²) in [6.45, 7) is 1.86. The minimum Gasteiger partial charge on any atom is -0.348 e. The van der Waals surface area contributed by atoms with Gasteiger partial charge in [-0.2, -0.15) is 0 Å². The number of carbonyl (C=O) groups excluding carboxylic acids is 1. The highest BCUT2D eigenvalue weighted by molar-refractivity contribution is 6.30. The maximum absolute atomic E-state index is 13.0. The zero-order valence-electron chi connectivity index (χ0n) is 17.5. The zero-order valence-corrected chi connectivity index (χ0v) is 18.3. The minimum atomic E-state index is -0.736. The van der Waals surface area contributed by atoms with Crippen LogP contribution in [-0.4, -0.2) is 15.0 Å². The summed E-state index contributed by atoms with van der Waals surface area (Å²) >= 11 is 5.95. The van der Waals surface area contributed by atoms with Crippen LogP contribution in [0.25, 0.3) is 11.0 Å². The molecule has 0 unspecified atom stereocenters. The van der Waals surface area contributed by atoms with Gasteiger partial charge in [-0.15, -0.1) is 0 Å². The van der Waals surface area contributed by atoms with Crippen molar-refractivity contribution in [1.82, 2.24) is 14.5 Å². The molecule has 0 aliphatic heterocycles. The molecule has 0 spiro atoms. The molecule has 1 aromatic heterocycles. The smallest absolute Gasteiger partial charge is 0.317 e. The maximum atomic E-state index is 13.0. The largest absolute Gasteiger partial charge is 0.348 e. The van der Waals surface area contributed by atoms with Crippen molar-refractivity contribution in [3.63, 3.8) is 0 Å². The number of fused-ring (bicyclic) bond motifs is 1. The van der Waals surface area contributed by atoms with Gasteiger partial charge in [-0.05, 0) is 42.3 Å². The Morgan fingerprint density at radius 3 is 2.06 bits per heavy atom. The van der Waals surface area contributed by atoms with Crippen molar-refractivity contribution in [2.75, 3.05) is 0 Å². The number of nitrogens with zero attached hydrogens (tertiary/aromatic N) is 2. The summed E-state index contributed by atoms with van der Waals surface area (Å²) in [6.07, 6.45) is 0. The van der Waals surface area contributed by atoms with Crippen LogP contribution in [-0.2, 0) is 17.9 Å². The van der Waals surface area contributed by atoms with Gasteiger partial charge in [-0.1, -0.05) is 66.2 Å². The van der Waals surface area contributed by atoms with Gasteiger partial charge in [0.05, 0.1) is 23.6 Å². The predicted molar refractivity (Wildman–Crippen MR) is 126 cm³/mol. The summed E-state index contributed by atoms with van der Waals surface area (Å²) in [5.41, 5.74) is 1.48. The molecule has 32 heavy (non-hydrogen) atoms. The van der Waals surface area contributed by atoms with Crippen LogP contribution in [0.15, 0.2) is 88.5 Å². The fourth-order valence-electron chi connectivity index (χ4n) is 3.71. The number of benzene rings is 3. The van der Waals surface area contributed by atoms with Crippen molar-refractivity contribution in [2.24, 2.45) is 0 Å². The van der Waals surface area contributed by atoms with Gasteiger partial charge in [-0.3, -0.25) is 23.5 Å². The molecule has 1 N–H and O–H groups in total. The first-order valence-electron chi connectivity index (χ1n) is 10.2. The molecule has 6 nitrogen and oxygen atoms in total. The number of para-hydroxylation sites is 2. The van der Waals surface area contributed by atoms with E-state index in [1.807, 2.05) is 49.4 Å². The van der Waals surface area contributed by atoms with Crippen molar-refractivity contribution >= 4 is 28.5 Å². The molecule has 1 amide bonds. The molecule has 4 aromatic rings. The molecule has 0 aliphatic carbocycles. The molecule has 3 aromatic carbocycles. The number of amides is 1. The van der Waals surface area contributed by atoms with Gasteiger partial charge >= 0.3 is 11.1 Å². The molecule has 0 fully saturated rings.